The summed E-state index contributed by atoms with van der Waals surface area (Å²) >= 11 is 11.1. The van der Waals surface area contributed by atoms with Crippen molar-refractivity contribution in [3.05, 3.63) is 0 Å². The Labute approximate surface area is 64.3 Å². The van der Waals surface area contributed by atoms with E-state index in [1.807, 2.05) is 0 Å². The summed E-state index contributed by atoms with van der Waals surface area (Å²) in [7, 11) is 0. The molecule has 1 amide bonds. The number of nitrogens with two attached hydrogens (primary N) is 1. The van der Waals surface area contributed by atoms with Crippen LogP contribution in [0, 0.1) is 0 Å². The van der Waals surface area contributed by atoms with Gasteiger partial charge < -0.3 is 5.73 Å². The Kier molecular flexibility index (Phi) is 3.30. The first-order chi connectivity index (χ1) is 3.92. The summed E-state index contributed by atoms with van der Waals surface area (Å²) in [5.74, 6) is -0.373. The van der Waals surface area contributed by atoms with E-state index >= 15 is 0 Å². The average Bonchev–Trinajstić information content (AvgIpc) is 1.59. The first-order valence-corrected chi connectivity index (χ1v) is 3.33. The number of hydrogen-bond donors (Lipinski definition) is 1. The lowest BCUT2D eigenvalue weighted by atomic mass is 10.2. The fourth-order valence-electron chi connectivity index (χ4n) is 0.343. The maximum atomic E-state index is 10.2. The molecule has 0 spiro atoms. The Bertz CT molecular complexity index is 108. The topological polar surface area (TPSA) is 43.1 Å². The molecule has 0 heterocycles. The maximum Gasteiger partial charge on any atom is 0.217 e. The van der Waals surface area contributed by atoms with Crippen molar-refractivity contribution in [2.24, 2.45) is 5.73 Å². The highest BCUT2D eigenvalue weighted by Crippen LogP contribution is 2.24. The van der Waals surface area contributed by atoms with Crippen LogP contribution in [0.4, 0.5) is 0 Å². The maximum absolute atomic E-state index is 10.2. The molecule has 0 aliphatic heterocycles. The van der Waals surface area contributed by atoms with Crippen molar-refractivity contribution in [2.75, 3.05) is 0 Å². The van der Waals surface area contributed by atoms with Gasteiger partial charge in [-0.05, 0) is 13.3 Å². The minimum atomic E-state index is -0.824. The van der Waals surface area contributed by atoms with Gasteiger partial charge in [-0.25, -0.2) is 0 Å². The molecule has 0 aromatic rings. The summed E-state index contributed by atoms with van der Waals surface area (Å²) < 4.78 is -0.824. The zero-order chi connectivity index (χ0) is 7.49. The molecule has 0 radical (unpaired) electrons. The van der Waals surface area contributed by atoms with E-state index in [9.17, 15) is 4.79 Å². The third-order valence-electron chi connectivity index (χ3n) is 0.810. The number of hydrogen-bond acceptors (Lipinski definition) is 1. The molecular weight excluding hydrogens is 161 g/mol. The fourth-order valence-corrected chi connectivity index (χ4v) is 0.532. The minimum Gasteiger partial charge on any atom is -0.370 e. The van der Waals surface area contributed by atoms with Crippen LogP contribution in [0.25, 0.3) is 0 Å². The minimum absolute atomic E-state index is 0.240. The first-order valence-electron chi connectivity index (χ1n) is 2.58. The van der Waals surface area contributed by atoms with Crippen LogP contribution in [0.5, 0.6) is 0 Å². The molecule has 4 heteroatoms. The molecule has 0 atom stereocenters. The first kappa shape index (κ1) is 9.05. The van der Waals surface area contributed by atoms with Crippen molar-refractivity contribution in [3.8, 4) is 0 Å². The number of rotatable bonds is 3. The molecule has 9 heavy (non-hydrogen) atoms. The lowest BCUT2D eigenvalue weighted by molar-refractivity contribution is -0.118. The van der Waals surface area contributed by atoms with Crippen LogP contribution >= 0.6 is 23.2 Å². The molecule has 2 N–H and O–H groups in total. The van der Waals surface area contributed by atoms with E-state index in [-0.39, 0.29) is 12.3 Å². The van der Waals surface area contributed by atoms with Crippen molar-refractivity contribution >= 4 is 29.1 Å². The Morgan fingerprint density at radius 1 is 1.67 bits per heavy atom. The van der Waals surface area contributed by atoms with E-state index in [0.29, 0.717) is 6.42 Å². The quantitative estimate of drug-likeness (QED) is 0.640. The standard InChI is InChI=1S/C5H9Cl2NO/c1-5(6,7)3-2-4(8)9/h2-3H2,1H3,(H2,8,9). The smallest absolute Gasteiger partial charge is 0.217 e. The second-order valence-corrected chi connectivity index (χ2v) is 3.90. The molecule has 0 fully saturated rings. The highest BCUT2D eigenvalue weighted by molar-refractivity contribution is 6.48. The fraction of sp³-hybridized carbons (Fsp3) is 0.800. The highest BCUT2D eigenvalue weighted by Gasteiger charge is 2.16. The van der Waals surface area contributed by atoms with Crippen molar-refractivity contribution in [2.45, 2.75) is 24.1 Å². The summed E-state index contributed by atoms with van der Waals surface area (Å²) in [5.41, 5.74) is 4.84. The largest absolute Gasteiger partial charge is 0.370 e. The van der Waals surface area contributed by atoms with E-state index in [0.717, 1.165) is 0 Å². The second kappa shape index (κ2) is 3.28. The van der Waals surface area contributed by atoms with Crippen LogP contribution in [-0.4, -0.2) is 10.2 Å². The van der Waals surface area contributed by atoms with Crippen molar-refractivity contribution in [1.29, 1.82) is 0 Å². The Morgan fingerprint density at radius 3 is 2.22 bits per heavy atom. The third-order valence-corrected chi connectivity index (χ3v) is 1.19. The van der Waals surface area contributed by atoms with Crippen molar-refractivity contribution in [3.63, 3.8) is 0 Å². The Hall–Kier alpha value is 0.0500. The third kappa shape index (κ3) is 8.05. The van der Waals surface area contributed by atoms with Crippen LogP contribution in [0.2, 0.25) is 0 Å². The average molecular weight is 170 g/mol. The number of carbonyl (C=O) groups is 1. The molecule has 0 bridgehead atoms. The summed E-state index contributed by atoms with van der Waals surface area (Å²) in [6, 6.07) is 0. The van der Waals surface area contributed by atoms with Crippen molar-refractivity contribution < 1.29 is 4.79 Å². The van der Waals surface area contributed by atoms with Gasteiger partial charge in [-0.2, -0.15) is 0 Å². The van der Waals surface area contributed by atoms with E-state index in [1.54, 1.807) is 6.92 Å². The van der Waals surface area contributed by atoms with Gasteiger partial charge in [0.25, 0.3) is 0 Å². The summed E-state index contributed by atoms with van der Waals surface area (Å²) in [6.45, 7) is 1.62. The van der Waals surface area contributed by atoms with Crippen LogP contribution in [0.15, 0.2) is 0 Å². The molecule has 54 valence electrons. The summed E-state index contributed by atoms with van der Waals surface area (Å²) in [4.78, 5) is 10.2. The normalized spacial score (nSPS) is 11.4. The molecule has 0 aliphatic rings. The molecule has 0 aromatic heterocycles. The molecule has 0 rings (SSSR count). The van der Waals surface area contributed by atoms with Gasteiger partial charge in [-0.3, -0.25) is 4.79 Å². The molecule has 0 aliphatic carbocycles. The van der Waals surface area contributed by atoms with E-state index in [1.165, 1.54) is 0 Å². The van der Waals surface area contributed by atoms with Crippen molar-refractivity contribution in [1.82, 2.24) is 0 Å². The van der Waals surface area contributed by atoms with Gasteiger partial charge >= 0.3 is 0 Å². The van der Waals surface area contributed by atoms with Crippen LogP contribution < -0.4 is 5.73 Å². The number of halogens is 2. The zero-order valence-electron chi connectivity index (χ0n) is 5.16. The summed E-state index contributed by atoms with van der Waals surface area (Å²) in [5, 5.41) is 0. The van der Waals surface area contributed by atoms with E-state index in [4.69, 9.17) is 28.9 Å². The zero-order valence-corrected chi connectivity index (χ0v) is 6.67. The van der Waals surface area contributed by atoms with Crippen LogP contribution in [-0.2, 0) is 4.79 Å². The molecular formula is C5H9Cl2NO. The lowest BCUT2D eigenvalue weighted by Crippen LogP contribution is -2.15. The number of alkyl halides is 2. The molecule has 2 nitrogen and oxygen atoms in total. The second-order valence-electron chi connectivity index (χ2n) is 2.04. The van der Waals surface area contributed by atoms with Gasteiger partial charge in [-0.1, -0.05) is 0 Å². The van der Waals surface area contributed by atoms with Gasteiger partial charge in [0.1, 0.15) is 4.33 Å². The van der Waals surface area contributed by atoms with E-state index in [2.05, 4.69) is 0 Å². The number of carbonyl (C=O) groups excluding carboxylic acids is 1. The number of amides is 1. The Balaban J connectivity index is 3.39. The molecule has 0 unspecified atom stereocenters. The monoisotopic (exact) mass is 169 g/mol. The molecule has 0 aromatic carbocycles. The van der Waals surface area contributed by atoms with Gasteiger partial charge in [0, 0.05) is 6.42 Å². The highest BCUT2D eigenvalue weighted by atomic mass is 35.5. The summed E-state index contributed by atoms with van der Waals surface area (Å²) in [6.07, 6.45) is 0.648. The van der Waals surface area contributed by atoms with Gasteiger partial charge in [0.05, 0.1) is 0 Å². The predicted molar refractivity (Wildman–Crippen MR) is 38.5 cm³/mol. The molecule has 0 saturated heterocycles. The Morgan fingerprint density at radius 2 is 2.11 bits per heavy atom. The predicted octanol–water partition coefficient (Wildman–Crippen LogP) is 1.45. The van der Waals surface area contributed by atoms with E-state index < -0.39 is 4.33 Å². The molecule has 0 saturated carbocycles. The lowest BCUT2D eigenvalue weighted by Gasteiger charge is -2.09. The van der Waals surface area contributed by atoms with Gasteiger partial charge in [0.2, 0.25) is 5.91 Å². The van der Waals surface area contributed by atoms with Crippen LogP contribution in [0.3, 0.4) is 0 Å². The SMILES string of the molecule is CC(Cl)(Cl)CCC(N)=O. The van der Waals surface area contributed by atoms with Gasteiger partial charge in [0.15, 0.2) is 0 Å². The number of primary amides is 1. The van der Waals surface area contributed by atoms with Crippen LogP contribution in [0.1, 0.15) is 19.8 Å². The van der Waals surface area contributed by atoms with Gasteiger partial charge in [-0.15, -0.1) is 23.2 Å².